The second-order valence-corrected chi connectivity index (χ2v) is 5.75. The smallest absolute Gasteiger partial charge is 0.128 e. The lowest BCUT2D eigenvalue weighted by Crippen LogP contribution is -2.05. The van der Waals surface area contributed by atoms with E-state index >= 15 is 0 Å². The maximum absolute atomic E-state index is 12.4. The van der Waals surface area contributed by atoms with Crippen LogP contribution < -0.4 is 0 Å². The Labute approximate surface area is 90.0 Å². The van der Waals surface area contributed by atoms with Crippen molar-refractivity contribution in [3.8, 4) is 0 Å². The molecule has 0 N–H and O–H groups in total. The fraction of sp³-hybridized carbons (Fsp3) is 0.273. The maximum atomic E-state index is 12.4. The Bertz CT molecular complexity index is 508. The molecule has 1 aromatic carbocycles. The van der Waals surface area contributed by atoms with Crippen LogP contribution in [0, 0.1) is 6.92 Å². The van der Waals surface area contributed by atoms with Gasteiger partial charge in [-0.1, -0.05) is 17.7 Å². The lowest BCUT2D eigenvalue weighted by molar-refractivity contribution is 0.295. The van der Waals surface area contributed by atoms with Crippen molar-refractivity contribution in [3.63, 3.8) is 0 Å². The van der Waals surface area contributed by atoms with Gasteiger partial charge < -0.3 is 4.74 Å². The molecule has 0 fully saturated rings. The summed E-state index contributed by atoms with van der Waals surface area (Å²) in [6, 6.07) is 7.63. The summed E-state index contributed by atoms with van der Waals surface area (Å²) in [7, 11) is -0.732. The zero-order chi connectivity index (χ0) is 10.9. The predicted octanol–water partition coefficient (Wildman–Crippen LogP) is 2.32. The molecule has 2 rings (SSSR count). The van der Waals surface area contributed by atoms with Gasteiger partial charge in [0, 0.05) is 4.90 Å². The van der Waals surface area contributed by atoms with Crippen LogP contribution in [0.3, 0.4) is 0 Å². The van der Waals surface area contributed by atoms with Crippen LogP contribution in [0.1, 0.15) is 5.56 Å². The molecule has 1 atom stereocenters. The number of aryl methyl sites for hydroxylation is 1. The summed E-state index contributed by atoms with van der Waals surface area (Å²) < 4.78 is 21.5. The summed E-state index contributed by atoms with van der Waals surface area (Å²) in [4.78, 5) is 0.774. The van der Waals surface area contributed by atoms with E-state index in [1.54, 1.807) is 13.3 Å². The number of benzene rings is 1. The summed E-state index contributed by atoms with van der Waals surface area (Å²) in [5.41, 5.74) is 1.15. The molecule has 80 valence electrons. The van der Waals surface area contributed by atoms with Crippen LogP contribution in [0.25, 0.3) is 0 Å². The first-order valence-corrected chi connectivity index (χ1v) is 6.36. The van der Waals surface area contributed by atoms with E-state index in [4.69, 9.17) is 4.74 Å². The van der Waals surface area contributed by atoms with Crippen LogP contribution in [-0.4, -0.2) is 17.1 Å². The largest absolute Gasteiger partial charge is 0.498 e. The van der Waals surface area contributed by atoms with Gasteiger partial charge in [-0.15, -0.1) is 0 Å². The first-order chi connectivity index (χ1) is 7.14. The third-order valence-corrected chi connectivity index (χ3v) is 4.49. The zero-order valence-corrected chi connectivity index (χ0v) is 9.58. The normalized spacial score (nSPS) is 24.5. The Kier molecular flexibility index (Phi) is 2.52. The van der Waals surface area contributed by atoms with Crippen molar-refractivity contribution in [2.24, 2.45) is 4.36 Å². The third kappa shape index (κ3) is 1.90. The van der Waals surface area contributed by atoms with Gasteiger partial charge in [0.05, 0.1) is 28.8 Å². The SMILES string of the molecule is COC1=CN=S(=O)(c2ccc(C)cc2)C1. The van der Waals surface area contributed by atoms with E-state index in [-0.39, 0.29) is 0 Å². The molecule has 4 heteroatoms. The van der Waals surface area contributed by atoms with E-state index in [0.29, 0.717) is 11.5 Å². The van der Waals surface area contributed by atoms with Gasteiger partial charge in [-0.05, 0) is 19.1 Å². The summed E-state index contributed by atoms with van der Waals surface area (Å²) in [5.74, 6) is 1.06. The zero-order valence-electron chi connectivity index (χ0n) is 8.77. The van der Waals surface area contributed by atoms with Gasteiger partial charge in [-0.25, -0.2) is 4.21 Å². The van der Waals surface area contributed by atoms with Crippen molar-refractivity contribution >= 4 is 9.73 Å². The van der Waals surface area contributed by atoms with E-state index in [1.807, 2.05) is 31.2 Å². The van der Waals surface area contributed by atoms with Crippen molar-refractivity contribution in [1.29, 1.82) is 0 Å². The highest BCUT2D eigenvalue weighted by Gasteiger charge is 2.19. The average Bonchev–Trinajstić information content (AvgIpc) is 2.62. The Morgan fingerprint density at radius 1 is 1.33 bits per heavy atom. The maximum Gasteiger partial charge on any atom is 0.128 e. The summed E-state index contributed by atoms with van der Waals surface area (Å²) in [5, 5.41) is 0. The van der Waals surface area contributed by atoms with Crippen LogP contribution in [-0.2, 0) is 14.5 Å². The van der Waals surface area contributed by atoms with Crippen LogP contribution in [0.2, 0.25) is 0 Å². The fourth-order valence-electron chi connectivity index (χ4n) is 1.42. The fourth-order valence-corrected chi connectivity index (χ4v) is 3.21. The van der Waals surface area contributed by atoms with E-state index in [2.05, 4.69) is 4.36 Å². The van der Waals surface area contributed by atoms with Gasteiger partial charge in [0.2, 0.25) is 0 Å². The van der Waals surface area contributed by atoms with Gasteiger partial charge in [0.15, 0.2) is 0 Å². The predicted molar refractivity (Wildman–Crippen MR) is 60.0 cm³/mol. The van der Waals surface area contributed by atoms with E-state index in [0.717, 1.165) is 10.5 Å². The van der Waals surface area contributed by atoms with Crippen LogP contribution in [0.5, 0.6) is 0 Å². The number of methoxy groups -OCH3 is 1. The molecule has 0 saturated heterocycles. The number of hydrogen-bond donors (Lipinski definition) is 0. The molecule has 1 heterocycles. The van der Waals surface area contributed by atoms with E-state index in [9.17, 15) is 4.21 Å². The average molecular weight is 223 g/mol. The quantitative estimate of drug-likeness (QED) is 0.771. The van der Waals surface area contributed by atoms with Crippen molar-refractivity contribution in [3.05, 3.63) is 41.8 Å². The minimum Gasteiger partial charge on any atom is -0.498 e. The molecule has 0 spiro atoms. The molecule has 0 radical (unpaired) electrons. The highest BCUT2D eigenvalue weighted by Crippen LogP contribution is 2.22. The lowest BCUT2D eigenvalue weighted by Gasteiger charge is -2.05. The molecule has 1 aliphatic heterocycles. The highest BCUT2D eigenvalue weighted by molar-refractivity contribution is 7.94. The summed E-state index contributed by atoms with van der Waals surface area (Å²) >= 11 is 0. The van der Waals surface area contributed by atoms with Crippen molar-refractivity contribution < 1.29 is 8.95 Å². The van der Waals surface area contributed by atoms with Gasteiger partial charge in [-0.2, -0.15) is 4.36 Å². The number of rotatable bonds is 2. The van der Waals surface area contributed by atoms with Crippen molar-refractivity contribution in [1.82, 2.24) is 0 Å². The monoisotopic (exact) mass is 223 g/mol. The molecule has 0 amide bonds. The number of ether oxygens (including phenoxy) is 1. The Morgan fingerprint density at radius 3 is 2.53 bits per heavy atom. The molecule has 1 unspecified atom stereocenters. The van der Waals surface area contributed by atoms with Crippen molar-refractivity contribution in [2.75, 3.05) is 12.9 Å². The topological polar surface area (TPSA) is 38.7 Å². The molecule has 3 nitrogen and oxygen atoms in total. The Morgan fingerprint density at radius 2 is 2.00 bits per heavy atom. The highest BCUT2D eigenvalue weighted by atomic mass is 32.2. The number of nitrogens with zero attached hydrogens (tertiary/aromatic N) is 1. The lowest BCUT2D eigenvalue weighted by atomic mass is 10.2. The van der Waals surface area contributed by atoms with Crippen LogP contribution in [0.4, 0.5) is 0 Å². The number of hydrogen-bond acceptors (Lipinski definition) is 3. The first-order valence-electron chi connectivity index (χ1n) is 4.68. The van der Waals surface area contributed by atoms with Gasteiger partial charge >= 0.3 is 0 Å². The molecule has 0 bridgehead atoms. The second kappa shape index (κ2) is 3.70. The third-order valence-electron chi connectivity index (χ3n) is 2.36. The van der Waals surface area contributed by atoms with Gasteiger partial charge in [-0.3, -0.25) is 0 Å². The Hall–Kier alpha value is -1.29. The molecule has 0 saturated carbocycles. The second-order valence-electron chi connectivity index (χ2n) is 3.50. The van der Waals surface area contributed by atoms with E-state index < -0.39 is 9.73 Å². The molecule has 1 aromatic rings. The summed E-state index contributed by atoms with van der Waals surface area (Å²) in [6.07, 6.45) is 1.56. The van der Waals surface area contributed by atoms with Crippen molar-refractivity contribution in [2.45, 2.75) is 11.8 Å². The molecule has 15 heavy (non-hydrogen) atoms. The van der Waals surface area contributed by atoms with Gasteiger partial charge in [0.1, 0.15) is 5.76 Å². The molecular weight excluding hydrogens is 210 g/mol. The Balaban J connectivity index is 2.35. The van der Waals surface area contributed by atoms with Gasteiger partial charge in [0.25, 0.3) is 0 Å². The van der Waals surface area contributed by atoms with Crippen LogP contribution in [0.15, 0.2) is 45.5 Å². The van der Waals surface area contributed by atoms with E-state index in [1.165, 1.54) is 0 Å². The summed E-state index contributed by atoms with van der Waals surface area (Å²) in [6.45, 7) is 2.00. The molecule has 1 aliphatic rings. The standard InChI is InChI=1S/C11H13NO2S/c1-9-3-5-11(6-4-9)15(13)8-10(14-2)7-12-15/h3-7H,8H2,1-2H3. The molecule has 0 aliphatic carbocycles. The first kappa shape index (κ1) is 10.2. The minimum absolute atomic E-state index is 0.382. The molecule has 0 aromatic heterocycles. The minimum atomic E-state index is -2.30. The van der Waals surface area contributed by atoms with Crippen LogP contribution >= 0.6 is 0 Å². The molecular formula is C11H13NO2S.